The molecule has 1 unspecified atom stereocenters. The van der Waals surface area contributed by atoms with Gasteiger partial charge in [0.1, 0.15) is 5.82 Å². The molecule has 1 N–H and O–H groups in total. The molecule has 21 heavy (non-hydrogen) atoms. The van der Waals surface area contributed by atoms with Crippen LogP contribution in [0.5, 0.6) is 0 Å². The van der Waals surface area contributed by atoms with Crippen molar-refractivity contribution in [2.24, 2.45) is 0 Å². The maximum absolute atomic E-state index is 6.10. The summed E-state index contributed by atoms with van der Waals surface area (Å²) in [5.74, 6) is 1.14. The molecular weight excluding hydrogens is 266 g/mol. The van der Waals surface area contributed by atoms with Crippen molar-refractivity contribution < 1.29 is 9.47 Å². The lowest BCUT2D eigenvalue weighted by molar-refractivity contribution is -0.140. The van der Waals surface area contributed by atoms with Gasteiger partial charge in [0.2, 0.25) is 0 Å². The van der Waals surface area contributed by atoms with Crippen LogP contribution in [0.1, 0.15) is 44.9 Å². The number of rotatable bonds is 5. The Morgan fingerprint density at radius 3 is 3.05 bits per heavy atom. The summed E-state index contributed by atoms with van der Waals surface area (Å²) in [7, 11) is 0. The molecule has 5 nitrogen and oxygen atoms in total. The minimum absolute atomic E-state index is 0.0625. The van der Waals surface area contributed by atoms with Crippen LogP contribution in [-0.4, -0.2) is 41.0 Å². The van der Waals surface area contributed by atoms with Crippen molar-refractivity contribution in [1.29, 1.82) is 0 Å². The molecule has 0 bridgehead atoms. The Morgan fingerprint density at radius 2 is 2.24 bits per heavy atom. The molecule has 2 saturated heterocycles. The normalized spacial score (nSPS) is 25.3. The average molecular weight is 293 g/mol. The topological polar surface area (TPSA) is 48.3 Å². The zero-order valence-corrected chi connectivity index (χ0v) is 13.0. The van der Waals surface area contributed by atoms with Crippen LogP contribution < -0.4 is 5.32 Å². The number of ether oxygens (including phenoxy) is 2. The molecule has 0 aliphatic carbocycles. The second-order valence-electron chi connectivity index (χ2n) is 6.25. The summed E-state index contributed by atoms with van der Waals surface area (Å²) in [5.41, 5.74) is 0.0625. The third-order valence-corrected chi connectivity index (χ3v) is 4.71. The number of hydrogen-bond acceptors (Lipinski definition) is 4. The van der Waals surface area contributed by atoms with Crippen molar-refractivity contribution in [3.05, 3.63) is 18.2 Å². The van der Waals surface area contributed by atoms with Crippen molar-refractivity contribution in [3.8, 4) is 0 Å². The van der Waals surface area contributed by atoms with Crippen molar-refractivity contribution in [2.75, 3.05) is 19.8 Å². The average Bonchev–Trinajstić information content (AvgIpc) is 2.94. The van der Waals surface area contributed by atoms with E-state index in [0.717, 1.165) is 70.8 Å². The Hall–Kier alpha value is -0.910. The van der Waals surface area contributed by atoms with Crippen LogP contribution in [0, 0.1) is 0 Å². The Labute approximate surface area is 127 Å². The van der Waals surface area contributed by atoms with Gasteiger partial charge in [-0.15, -0.1) is 0 Å². The largest absolute Gasteiger partial charge is 0.381 e. The third kappa shape index (κ3) is 3.65. The van der Waals surface area contributed by atoms with E-state index in [4.69, 9.17) is 9.47 Å². The van der Waals surface area contributed by atoms with Gasteiger partial charge in [-0.25, -0.2) is 4.98 Å². The molecule has 0 saturated carbocycles. The molecule has 1 aromatic heterocycles. The lowest BCUT2D eigenvalue weighted by Gasteiger charge is -2.43. The van der Waals surface area contributed by atoms with E-state index in [1.54, 1.807) is 0 Å². The smallest absolute Gasteiger partial charge is 0.122 e. The van der Waals surface area contributed by atoms with Crippen LogP contribution in [0.2, 0.25) is 0 Å². The Balaban J connectivity index is 1.54. The SMILES string of the molecule is CCCn1ccnc1CNC1CCOC2(CCOCC2)C1. The number of nitrogens with zero attached hydrogens (tertiary/aromatic N) is 2. The highest BCUT2D eigenvalue weighted by molar-refractivity contribution is 4.95. The van der Waals surface area contributed by atoms with E-state index in [2.05, 4.69) is 28.0 Å². The van der Waals surface area contributed by atoms with Gasteiger partial charge in [-0.05, 0) is 32.1 Å². The van der Waals surface area contributed by atoms with Crippen molar-refractivity contribution in [2.45, 2.75) is 63.8 Å². The molecule has 1 atom stereocenters. The first kappa shape index (κ1) is 15.0. The highest BCUT2D eigenvalue weighted by Crippen LogP contribution is 2.34. The number of imidazole rings is 1. The zero-order valence-electron chi connectivity index (χ0n) is 13.0. The molecule has 0 aromatic carbocycles. The van der Waals surface area contributed by atoms with Crippen molar-refractivity contribution in [1.82, 2.24) is 14.9 Å². The van der Waals surface area contributed by atoms with Gasteiger partial charge in [-0.2, -0.15) is 0 Å². The fourth-order valence-electron chi connectivity index (χ4n) is 3.48. The molecule has 2 aliphatic rings. The predicted molar refractivity (Wildman–Crippen MR) is 81.1 cm³/mol. The second-order valence-corrected chi connectivity index (χ2v) is 6.25. The highest BCUT2D eigenvalue weighted by Gasteiger charge is 2.38. The van der Waals surface area contributed by atoms with Gasteiger partial charge in [0, 0.05) is 44.8 Å². The molecule has 118 valence electrons. The lowest BCUT2D eigenvalue weighted by Crippen LogP contribution is -2.49. The van der Waals surface area contributed by atoms with Gasteiger partial charge >= 0.3 is 0 Å². The van der Waals surface area contributed by atoms with E-state index < -0.39 is 0 Å². The Kier molecular flexibility index (Phi) is 4.93. The number of aromatic nitrogens is 2. The summed E-state index contributed by atoms with van der Waals surface area (Å²) in [6.07, 6.45) is 9.39. The fourth-order valence-corrected chi connectivity index (χ4v) is 3.48. The van der Waals surface area contributed by atoms with E-state index in [-0.39, 0.29) is 5.60 Å². The summed E-state index contributed by atoms with van der Waals surface area (Å²) in [4.78, 5) is 4.47. The van der Waals surface area contributed by atoms with Gasteiger partial charge < -0.3 is 19.4 Å². The van der Waals surface area contributed by atoms with Gasteiger partial charge in [0.15, 0.2) is 0 Å². The van der Waals surface area contributed by atoms with E-state index in [1.165, 1.54) is 0 Å². The summed E-state index contributed by atoms with van der Waals surface area (Å²) in [5, 5.41) is 3.69. The minimum atomic E-state index is 0.0625. The number of aryl methyl sites for hydroxylation is 1. The van der Waals surface area contributed by atoms with E-state index in [1.807, 2.05) is 6.20 Å². The first-order chi connectivity index (χ1) is 10.3. The maximum Gasteiger partial charge on any atom is 0.122 e. The molecular formula is C16H27N3O2. The molecule has 1 spiro atoms. The summed E-state index contributed by atoms with van der Waals surface area (Å²) in [6.45, 7) is 6.64. The van der Waals surface area contributed by atoms with Crippen molar-refractivity contribution in [3.63, 3.8) is 0 Å². The Morgan fingerprint density at radius 1 is 1.38 bits per heavy atom. The standard InChI is InChI=1S/C16H27N3O2/c1-2-7-19-8-6-17-15(19)13-18-14-3-9-21-16(12-14)4-10-20-11-5-16/h6,8,14,18H,2-5,7,9-13H2,1H3. The molecule has 0 amide bonds. The van der Waals surface area contributed by atoms with E-state index in [0.29, 0.717) is 6.04 Å². The van der Waals surface area contributed by atoms with Gasteiger partial charge in [0.05, 0.1) is 12.1 Å². The van der Waals surface area contributed by atoms with Crippen LogP contribution >= 0.6 is 0 Å². The third-order valence-electron chi connectivity index (χ3n) is 4.71. The first-order valence-electron chi connectivity index (χ1n) is 8.26. The molecule has 1 aromatic rings. The van der Waals surface area contributed by atoms with Gasteiger partial charge in [-0.3, -0.25) is 0 Å². The predicted octanol–water partition coefficient (Wildman–Crippen LogP) is 2.11. The molecule has 0 radical (unpaired) electrons. The molecule has 2 aliphatic heterocycles. The first-order valence-corrected chi connectivity index (χ1v) is 8.26. The minimum Gasteiger partial charge on any atom is -0.381 e. The van der Waals surface area contributed by atoms with Crippen LogP contribution in [-0.2, 0) is 22.6 Å². The number of hydrogen-bond donors (Lipinski definition) is 1. The molecule has 3 heterocycles. The van der Waals surface area contributed by atoms with Crippen LogP contribution in [0.4, 0.5) is 0 Å². The molecule has 5 heteroatoms. The lowest BCUT2D eigenvalue weighted by atomic mass is 9.84. The zero-order chi connectivity index (χ0) is 14.5. The quantitative estimate of drug-likeness (QED) is 0.903. The van der Waals surface area contributed by atoms with Crippen LogP contribution in [0.25, 0.3) is 0 Å². The monoisotopic (exact) mass is 293 g/mol. The van der Waals surface area contributed by atoms with Gasteiger partial charge in [-0.1, -0.05) is 6.92 Å². The second kappa shape index (κ2) is 6.90. The summed E-state index contributed by atoms with van der Waals surface area (Å²) < 4.78 is 13.8. The molecule has 2 fully saturated rings. The number of nitrogens with one attached hydrogen (secondary N) is 1. The van der Waals surface area contributed by atoms with Crippen LogP contribution in [0.3, 0.4) is 0 Å². The van der Waals surface area contributed by atoms with E-state index >= 15 is 0 Å². The van der Waals surface area contributed by atoms with Crippen LogP contribution in [0.15, 0.2) is 12.4 Å². The van der Waals surface area contributed by atoms with E-state index in [9.17, 15) is 0 Å². The Bertz CT molecular complexity index is 435. The highest BCUT2D eigenvalue weighted by atomic mass is 16.5. The van der Waals surface area contributed by atoms with Crippen molar-refractivity contribution >= 4 is 0 Å². The molecule has 3 rings (SSSR count). The van der Waals surface area contributed by atoms with Gasteiger partial charge in [0.25, 0.3) is 0 Å². The fraction of sp³-hybridized carbons (Fsp3) is 0.812. The maximum atomic E-state index is 6.10. The summed E-state index contributed by atoms with van der Waals surface area (Å²) in [6, 6.07) is 0.531. The summed E-state index contributed by atoms with van der Waals surface area (Å²) >= 11 is 0.